The molecule has 46 heavy (non-hydrogen) atoms. The van der Waals surface area contributed by atoms with E-state index in [0.29, 0.717) is 6.42 Å². The van der Waals surface area contributed by atoms with E-state index in [9.17, 15) is 24.3 Å². The van der Waals surface area contributed by atoms with Gasteiger partial charge in [0.05, 0.1) is 0 Å². The Kier molecular flexibility index (Phi) is 14.9. The van der Waals surface area contributed by atoms with Gasteiger partial charge in [-0.3, -0.25) is 9.59 Å². The summed E-state index contributed by atoms with van der Waals surface area (Å²) in [4.78, 5) is 56.0. The number of hydrogen-bond donors (Lipinski definition) is 4. The fourth-order valence-corrected chi connectivity index (χ4v) is 4.99. The number of carbonyl (C=O) groups excluding carboxylic acids is 4. The monoisotopic (exact) mass is 657 g/mol. The van der Waals surface area contributed by atoms with E-state index in [0.717, 1.165) is 24.8 Å². The van der Waals surface area contributed by atoms with Crippen molar-refractivity contribution in [2.75, 3.05) is 12.3 Å². The molecule has 254 valence electrons. The number of para-hydroxylation sites is 1. The molecular formula is C35H51N3O7S. The van der Waals surface area contributed by atoms with Crippen LogP contribution in [0, 0.1) is 0 Å². The van der Waals surface area contributed by atoms with Gasteiger partial charge in [0.15, 0.2) is 0 Å². The molecular weight excluding hydrogens is 606 g/mol. The average molecular weight is 658 g/mol. The van der Waals surface area contributed by atoms with Crippen LogP contribution in [-0.4, -0.2) is 69.5 Å². The molecule has 3 atom stereocenters. The van der Waals surface area contributed by atoms with Crippen molar-refractivity contribution in [3.8, 4) is 5.75 Å². The Hall–Kier alpha value is -3.73. The Morgan fingerprint density at radius 2 is 1.43 bits per heavy atom. The lowest BCUT2D eigenvalue weighted by molar-refractivity contribution is -0.159. The first-order valence-electron chi connectivity index (χ1n) is 15.8. The van der Waals surface area contributed by atoms with Crippen LogP contribution in [0.1, 0.15) is 91.3 Å². The first-order chi connectivity index (χ1) is 21.6. The second-order valence-corrected chi connectivity index (χ2v) is 13.6. The van der Waals surface area contributed by atoms with Gasteiger partial charge in [0.25, 0.3) is 0 Å². The number of ether oxygens (including phenoxy) is 2. The predicted molar refractivity (Wildman–Crippen MR) is 182 cm³/mol. The zero-order valence-corrected chi connectivity index (χ0v) is 29.1. The number of nitrogens with one attached hydrogen (secondary N) is 2. The molecule has 0 heterocycles. The molecule has 0 saturated heterocycles. The Morgan fingerprint density at radius 1 is 0.826 bits per heavy atom. The number of alkyl carbamates (subject to hydrolysis) is 1. The Balaban J connectivity index is 2.58. The minimum absolute atomic E-state index is 0.0762. The molecule has 0 fully saturated rings. The number of benzene rings is 2. The number of rotatable bonds is 15. The lowest BCUT2D eigenvalue weighted by atomic mass is 9.99. The Labute approximate surface area is 279 Å². The summed E-state index contributed by atoms with van der Waals surface area (Å²) in [6, 6.07) is 11.9. The lowest BCUT2D eigenvalue weighted by Crippen LogP contribution is -2.55. The number of thiol groups is 1. The zero-order valence-electron chi connectivity index (χ0n) is 28.2. The number of carbonyl (C=O) groups is 4. The number of amides is 3. The van der Waals surface area contributed by atoms with Crippen LogP contribution < -0.4 is 10.6 Å². The van der Waals surface area contributed by atoms with E-state index >= 15 is 0 Å². The average Bonchev–Trinajstić information content (AvgIpc) is 2.96. The highest BCUT2D eigenvalue weighted by molar-refractivity contribution is 7.80. The largest absolute Gasteiger partial charge is 0.508 e. The second-order valence-electron chi connectivity index (χ2n) is 13.2. The van der Waals surface area contributed by atoms with E-state index in [4.69, 9.17) is 9.47 Å². The quantitative estimate of drug-likeness (QED) is 0.109. The van der Waals surface area contributed by atoms with Crippen LogP contribution in [0.3, 0.4) is 0 Å². The van der Waals surface area contributed by atoms with Crippen molar-refractivity contribution in [1.82, 2.24) is 15.5 Å². The first kappa shape index (κ1) is 38.5. The minimum atomic E-state index is -1.35. The Morgan fingerprint density at radius 3 is 2.00 bits per heavy atom. The number of nitrogens with zero attached hydrogens (tertiary/aromatic N) is 1. The van der Waals surface area contributed by atoms with Crippen LogP contribution in [-0.2, 0) is 30.3 Å². The van der Waals surface area contributed by atoms with Gasteiger partial charge in [-0.15, -0.1) is 0 Å². The van der Waals surface area contributed by atoms with Gasteiger partial charge >= 0.3 is 12.1 Å². The highest BCUT2D eigenvalue weighted by Gasteiger charge is 2.39. The van der Waals surface area contributed by atoms with Crippen molar-refractivity contribution in [3.05, 3.63) is 65.7 Å². The van der Waals surface area contributed by atoms with E-state index in [1.165, 1.54) is 11.0 Å². The normalized spacial score (nSPS) is 13.6. The highest BCUT2D eigenvalue weighted by Crippen LogP contribution is 2.31. The van der Waals surface area contributed by atoms with Gasteiger partial charge in [0, 0.05) is 24.3 Å². The van der Waals surface area contributed by atoms with E-state index < -0.39 is 53.2 Å². The van der Waals surface area contributed by atoms with Crippen molar-refractivity contribution in [3.63, 3.8) is 0 Å². The van der Waals surface area contributed by atoms with Crippen LogP contribution in [0.4, 0.5) is 4.79 Å². The number of hydrogen-bond acceptors (Lipinski definition) is 8. The second kappa shape index (κ2) is 17.8. The molecule has 0 saturated carbocycles. The Bertz CT molecular complexity index is 1290. The van der Waals surface area contributed by atoms with E-state index in [1.54, 1.807) is 59.7 Å². The molecule has 2 aromatic rings. The van der Waals surface area contributed by atoms with E-state index in [1.807, 2.05) is 30.3 Å². The third-order valence-corrected chi connectivity index (χ3v) is 7.15. The fraction of sp³-hybridized carbons (Fsp3) is 0.543. The summed E-state index contributed by atoms with van der Waals surface area (Å²) in [7, 11) is 0. The molecule has 0 aliphatic heterocycles. The molecule has 2 rings (SSSR count). The minimum Gasteiger partial charge on any atom is -0.508 e. The number of unbranched alkanes of at least 4 members (excludes halogenated alkanes) is 3. The number of aromatic hydroxyl groups is 1. The number of phenolic OH excluding ortho intramolecular Hbond substituents is 1. The maximum absolute atomic E-state index is 14.4. The fourth-order valence-electron chi connectivity index (χ4n) is 4.75. The van der Waals surface area contributed by atoms with Crippen LogP contribution in [0.15, 0.2) is 54.6 Å². The number of phenols is 1. The topological polar surface area (TPSA) is 134 Å². The molecule has 0 bridgehead atoms. The molecule has 10 nitrogen and oxygen atoms in total. The number of esters is 1. The van der Waals surface area contributed by atoms with Gasteiger partial charge in [0.1, 0.15) is 35.1 Å². The summed E-state index contributed by atoms with van der Waals surface area (Å²) in [5.41, 5.74) is -0.659. The third kappa shape index (κ3) is 12.9. The van der Waals surface area contributed by atoms with Crippen molar-refractivity contribution in [1.29, 1.82) is 0 Å². The third-order valence-electron chi connectivity index (χ3n) is 6.79. The maximum Gasteiger partial charge on any atom is 0.408 e. The standard InChI is InChI=1S/C35H51N3O7S/c1-8-9-10-16-21-38(31(41)27(23-46)37-33(43)45-35(5,6)7)29(25-19-14-15-20-28(25)39)30(40)36-26(32(42)44-34(2,3)4)22-24-17-12-11-13-18-24/h11-15,17-20,26-27,29,39,46H,8-10,16,21-23H2,1-7H3,(H,36,40)(H,37,43). The molecule has 2 aromatic carbocycles. The van der Waals surface area contributed by atoms with Gasteiger partial charge in [-0.1, -0.05) is 74.7 Å². The van der Waals surface area contributed by atoms with Gasteiger partial charge in [-0.2, -0.15) is 12.6 Å². The summed E-state index contributed by atoms with van der Waals surface area (Å²) in [5.74, 6) is -2.19. The van der Waals surface area contributed by atoms with Crippen molar-refractivity contribution >= 4 is 36.5 Å². The van der Waals surface area contributed by atoms with Crippen LogP contribution in [0.2, 0.25) is 0 Å². The molecule has 0 aromatic heterocycles. The van der Waals surface area contributed by atoms with Crippen LogP contribution >= 0.6 is 12.6 Å². The highest BCUT2D eigenvalue weighted by atomic mass is 32.1. The van der Waals surface area contributed by atoms with Gasteiger partial charge in [-0.25, -0.2) is 9.59 Å². The summed E-state index contributed by atoms with van der Waals surface area (Å²) in [6.45, 7) is 12.5. The molecule has 3 amide bonds. The first-order valence-corrected chi connectivity index (χ1v) is 16.5. The van der Waals surface area contributed by atoms with Crippen LogP contribution in [0.25, 0.3) is 0 Å². The lowest BCUT2D eigenvalue weighted by Gasteiger charge is -2.35. The van der Waals surface area contributed by atoms with Crippen molar-refractivity contribution < 1.29 is 33.8 Å². The zero-order chi connectivity index (χ0) is 34.5. The molecule has 0 spiro atoms. The van der Waals surface area contributed by atoms with Gasteiger partial charge < -0.3 is 30.1 Å². The summed E-state index contributed by atoms with van der Waals surface area (Å²) in [5, 5.41) is 16.4. The molecule has 0 radical (unpaired) electrons. The van der Waals surface area contributed by atoms with Gasteiger partial charge in [-0.05, 0) is 59.6 Å². The molecule has 11 heteroatoms. The van der Waals surface area contributed by atoms with E-state index in [-0.39, 0.29) is 30.0 Å². The van der Waals surface area contributed by atoms with Crippen molar-refractivity contribution in [2.45, 2.75) is 110 Å². The summed E-state index contributed by atoms with van der Waals surface area (Å²) < 4.78 is 11.0. The SMILES string of the molecule is CCCCCCN(C(=O)C(CS)NC(=O)OC(C)(C)C)C(C(=O)NC(Cc1ccccc1)C(=O)OC(C)(C)C)c1ccccc1O. The molecule has 3 N–H and O–H groups in total. The predicted octanol–water partition coefficient (Wildman–Crippen LogP) is 5.73. The summed E-state index contributed by atoms with van der Waals surface area (Å²) in [6.07, 6.45) is 2.55. The molecule has 3 unspecified atom stereocenters. The maximum atomic E-state index is 14.4. The van der Waals surface area contributed by atoms with Gasteiger partial charge in [0.2, 0.25) is 11.8 Å². The van der Waals surface area contributed by atoms with Crippen molar-refractivity contribution in [2.24, 2.45) is 0 Å². The van der Waals surface area contributed by atoms with Crippen LogP contribution in [0.5, 0.6) is 5.75 Å². The molecule has 0 aliphatic carbocycles. The smallest absolute Gasteiger partial charge is 0.408 e. The summed E-state index contributed by atoms with van der Waals surface area (Å²) >= 11 is 4.34. The van der Waals surface area contributed by atoms with E-state index in [2.05, 4.69) is 30.2 Å². The molecule has 0 aliphatic rings.